The lowest BCUT2D eigenvalue weighted by Gasteiger charge is -2.13. The Morgan fingerprint density at radius 1 is 1.38 bits per heavy atom. The Morgan fingerprint density at radius 3 is 1.88 bits per heavy atom. The lowest BCUT2D eigenvalue weighted by molar-refractivity contribution is 0.117. The molecule has 1 atom stereocenters. The van der Waals surface area contributed by atoms with Crippen LogP contribution < -0.4 is 0 Å². The average Bonchev–Trinajstić information content (AvgIpc) is 1.69. The monoisotopic (exact) mass is 115 g/mol. The zero-order chi connectivity index (χ0) is 6.57. The first-order valence-corrected chi connectivity index (χ1v) is 3.30. The van der Waals surface area contributed by atoms with Crippen molar-refractivity contribution in [3.05, 3.63) is 0 Å². The highest BCUT2D eigenvalue weighted by Gasteiger charge is 2.08. The maximum Gasteiger partial charge on any atom is 0.0852 e. The van der Waals surface area contributed by atoms with E-state index in [4.69, 9.17) is 0 Å². The van der Waals surface area contributed by atoms with E-state index in [0.29, 0.717) is 11.8 Å². The quantitative estimate of drug-likeness (QED) is 0.536. The highest BCUT2D eigenvalue weighted by molar-refractivity contribution is 4.57. The van der Waals surface area contributed by atoms with E-state index in [0.717, 1.165) is 6.42 Å². The summed E-state index contributed by atoms with van der Waals surface area (Å²) in [7, 11) is 0. The molecule has 0 aliphatic heterocycles. The predicted molar refractivity (Wildman–Crippen MR) is 34.2 cm³/mol. The second-order valence-electron chi connectivity index (χ2n) is 2.58. The molecule has 0 amide bonds. The van der Waals surface area contributed by atoms with Gasteiger partial charge in [0.1, 0.15) is 0 Å². The Kier molecular flexibility index (Phi) is 3.88. The fourth-order valence-corrected chi connectivity index (χ4v) is 0.782. The molecule has 0 aliphatic carbocycles. The molecule has 0 heterocycles. The van der Waals surface area contributed by atoms with E-state index in [1.807, 2.05) is 0 Å². The zero-order valence-corrected chi connectivity index (χ0v) is 5.98. The molecule has 1 nitrogen and oxygen atoms in total. The van der Waals surface area contributed by atoms with Crippen LogP contribution in [0.1, 0.15) is 27.2 Å². The minimum atomic E-state index is 0.0914. The van der Waals surface area contributed by atoms with Crippen LogP contribution in [0.3, 0.4) is 0 Å². The Balaban J connectivity index is 3.35. The van der Waals surface area contributed by atoms with Crippen LogP contribution in [0.25, 0.3) is 0 Å². The van der Waals surface area contributed by atoms with E-state index in [-0.39, 0.29) is 6.61 Å². The second kappa shape index (κ2) is 3.90. The van der Waals surface area contributed by atoms with E-state index in [1.165, 1.54) is 0 Å². The topological polar surface area (TPSA) is 19.9 Å². The van der Waals surface area contributed by atoms with Gasteiger partial charge >= 0.3 is 0 Å². The summed E-state index contributed by atoms with van der Waals surface area (Å²) in [6.45, 7) is 6.37. The van der Waals surface area contributed by atoms with Crippen molar-refractivity contribution in [1.82, 2.24) is 0 Å². The molecule has 1 heteroatoms. The smallest absolute Gasteiger partial charge is 0.0852 e. The molecule has 0 aromatic carbocycles. The Hall–Kier alpha value is -0.0400. The fraction of sp³-hybridized carbons (Fsp3) is 1.00. The van der Waals surface area contributed by atoms with Crippen molar-refractivity contribution in [2.45, 2.75) is 27.2 Å². The van der Waals surface area contributed by atoms with Crippen LogP contribution in [0.4, 0.5) is 0 Å². The van der Waals surface area contributed by atoms with E-state index < -0.39 is 0 Å². The molecule has 0 saturated heterocycles. The van der Waals surface area contributed by atoms with Crippen molar-refractivity contribution in [3.8, 4) is 0 Å². The van der Waals surface area contributed by atoms with Gasteiger partial charge in [0.25, 0.3) is 0 Å². The maximum atomic E-state index is 10.3. The average molecular weight is 115 g/mol. The summed E-state index contributed by atoms with van der Waals surface area (Å²) >= 11 is 0. The standard InChI is InChI=1S/C7H15O/c1-4-7(5-8)6(2)3/h6-7H,4-5H2,1-3H3. The van der Waals surface area contributed by atoms with Gasteiger partial charge in [-0.15, -0.1) is 0 Å². The lowest BCUT2D eigenvalue weighted by atomic mass is 9.95. The largest absolute Gasteiger partial charge is 0.236 e. The van der Waals surface area contributed by atoms with Gasteiger partial charge in [-0.1, -0.05) is 27.2 Å². The van der Waals surface area contributed by atoms with Gasteiger partial charge in [0, 0.05) is 0 Å². The van der Waals surface area contributed by atoms with Crippen molar-refractivity contribution in [2.75, 3.05) is 6.61 Å². The SMILES string of the molecule is CCC(C[O])C(C)C. The number of hydrogen-bond acceptors (Lipinski definition) is 0. The summed E-state index contributed by atoms with van der Waals surface area (Å²) < 4.78 is 0. The van der Waals surface area contributed by atoms with Gasteiger partial charge < -0.3 is 0 Å². The van der Waals surface area contributed by atoms with Crippen LogP contribution in [-0.4, -0.2) is 6.61 Å². The normalized spacial score (nSPS) is 14.6. The molecule has 49 valence electrons. The van der Waals surface area contributed by atoms with Gasteiger partial charge in [0.05, 0.1) is 6.61 Å². The molecule has 0 rings (SSSR count). The van der Waals surface area contributed by atoms with Gasteiger partial charge in [0.15, 0.2) is 0 Å². The van der Waals surface area contributed by atoms with Crippen LogP contribution in [0.5, 0.6) is 0 Å². The zero-order valence-electron chi connectivity index (χ0n) is 5.98. The van der Waals surface area contributed by atoms with Crippen molar-refractivity contribution < 1.29 is 5.11 Å². The summed E-state index contributed by atoms with van der Waals surface area (Å²) in [6.07, 6.45) is 1.03. The summed E-state index contributed by atoms with van der Waals surface area (Å²) in [5, 5.41) is 10.3. The lowest BCUT2D eigenvalue weighted by Crippen LogP contribution is -2.10. The molecule has 8 heavy (non-hydrogen) atoms. The molecule has 1 unspecified atom stereocenters. The van der Waals surface area contributed by atoms with Gasteiger partial charge in [-0.05, 0) is 11.8 Å². The van der Waals surface area contributed by atoms with Crippen LogP contribution in [0.15, 0.2) is 0 Å². The summed E-state index contributed by atoms with van der Waals surface area (Å²) in [6, 6.07) is 0. The summed E-state index contributed by atoms with van der Waals surface area (Å²) in [5.74, 6) is 0.965. The molecule has 0 bridgehead atoms. The Morgan fingerprint density at radius 2 is 1.88 bits per heavy atom. The van der Waals surface area contributed by atoms with Gasteiger partial charge in [-0.3, -0.25) is 0 Å². The van der Waals surface area contributed by atoms with Crippen LogP contribution in [0.2, 0.25) is 0 Å². The van der Waals surface area contributed by atoms with Gasteiger partial charge in [-0.2, -0.15) is 0 Å². The van der Waals surface area contributed by atoms with Crippen LogP contribution >= 0.6 is 0 Å². The van der Waals surface area contributed by atoms with Crippen LogP contribution in [0, 0.1) is 11.8 Å². The van der Waals surface area contributed by atoms with Crippen LogP contribution in [-0.2, 0) is 5.11 Å². The molecule has 0 fully saturated rings. The third kappa shape index (κ3) is 2.31. The van der Waals surface area contributed by atoms with Crippen molar-refractivity contribution in [3.63, 3.8) is 0 Å². The Bertz CT molecular complexity index is 46.3. The third-order valence-corrected chi connectivity index (χ3v) is 1.68. The minimum absolute atomic E-state index is 0.0914. The first-order valence-electron chi connectivity index (χ1n) is 3.30. The molecule has 1 radical (unpaired) electrons. The van der Waals surface area contributed by atoms with E-state index >= 15 is 0 Å². The number of rotatable bonds is 3. The number of hydrogen-bond donors (Lipinski definition) is 0. The third-order valence-electron chi connectivity index (χ3n) is 1.68. The molecule has 0 saturated carbocycles. The van der Waals surface area contributed by atoms with Gasteiger partial charge in [0.2, 0.25) is 0 Å². The molecule has 0 spiro atoms. The summed E-state index contributed by atoms with van der Waals surface area (Å²) in [5.41, 5.74) is 0. The summed E-state index contributed by atoms with van der Waals surface area (Å²) in [4.78, 5) is 0. The first-order chi connectivity index (χ1) is 3.72. The molecule has 0 N–H and O–H groups in total. The highest BCUT2D eigenvalue weighted by Crippen LogP contribution is 2.12. The fourth-order valence-electron chi connectivity index (χ4n) is 0.782. The molecule has 0 aliphatic rings. The Labute approximate surface area is 51.7 Å². The second-order valence-corrected chi connectivity index (χ2v) is 2.58. The highest BCUT2D eigenvalue weighted by atomic mass is 16.3. The minimum Gasteiger partial charge on any atom is -0.236 e. The molecule has 0 aromatic heterocycles. The first kappa shape index (κ1) is 7.96. The van der Waals surface area contributed by atoms with Gasteiger partial charge in [-0.25, -0.2) is 5.11 Å². The van der Waals surface area contributed by atoms with Crippen molar-refractivity contribution >= 4 is 0 Å². The van der Waals surface area contributed by atoms with Crippen molar-refractivity contribution in [1.29, 1.82) is 0 Å². The molecule has 0 aromatic rings. The van der Waals surface area contributed by atoms with E-state index in [2.05, 4.69) is 20.8 Å². The van der Waals surface area contributed by atoms with E-state index in [9.17, 15) is 5.11 Å². The maximum absolute atomic E-state index is 10.3. The molecular formula is C7H15O. The molecular weight excluding hydrogens is 100 g/mol. The predicted octanol–water partition coefficient (Wildman–Crippen LogP) is 2.10. The van der Waals surface area contributed by atoms with E-state index in [1.54, 1.807) is 0 Å². The van der Waals surface area contributed by atoms with Crippen molar-refractivity contribution in [2.24, 2.45) is 11.8 Å².